The Balaban J connectivity index is 2.42. The number of hydrogen-bond acceptors (Lipinski definition) is 1. The fourth-order valence-corrected chi connectivity index (χ4v) is 1.79. The maximum atomic E-state index is 13.5. The second-order valence-electron chi connectivity index (χ2n) is 3.27. The van der Waals surface area contributed by atoms with Crippen molar-refractivity contribution in [3.05, 3.63) is 28.8 Å². The van der Waals surface area contributed by atoms with Crippen LogP contribution in [0, 0.1) is 0 Å². The molecule has 1 nitrogen and oxygen atoms in total. The van der Waals surface area contributed by atoms with Crippen molar-refractivity contribution in [1.82, 2.24) is 0 Å². The molecule has 1 aromatic rings. The molecular formula is C10H11ClFN. The minimum Gasteiger partial charge on any atom is -0.385 e. The molecule has 0 saturated carbocycles. The molecule has 70 valence electrons. The van der Waals surface area contributed by atoms with Gasteiger partial charge in [-0.3, -0.25) is 0 Å². The highest BCUT2D eigenvalue weighted by atomic mass is 35.5. The zero-order chi connectivity index (χ0) is 9.26. The van der Waals surface area contributed by atoms with Crippen LogP contribution < -0.4 is 5.32 Å². The molecule has 0 aromatic heterocycles. The van der Waals surface area contributed by atoms with Crippen LogP contribution in [0.25, 0.3) is 0 Å². The van der Waals surface area contributed by atoms with Gasteiger partial charge in [-0.25, -0.2) is 4.39 Å². The van der Waals surface area contributed by atoms with Crippen LogP contribution in [-0.4, -0.2) is 6.54 Å². The van der Waals surface area contributed by atoms with Crippen LogP contribution in [0.1, 0.15) is 24.6 Å². The third-order valence-electron chi connectivity index (χ3n) is 2.30. The summed E-state index contributed by atoms with van der Waals surface area (Å²) in [5.41, 5.74) is 1.58. The van der Waals surface area contributed by atoms with Gasteiger partial charge in [-0.05, 0) is 25.0 Å². The molecule has 1 aromatic carbocycles. The van der Waals surface area contributed by atoms with E-state index >= 15 is 0 Å². The quantitative estimate of drug-likeness (QED) is 0.674. The van der Waals surface area contributed by atoms with E-state index in [0.29, 0.717) is 11.4 Å². The van der Waals surface area contributed by atoms with Crippen LogP contribution in [0.4, 0.5) is 10.1 Å². The van der Waals surface area contributed by atoms with E-state index in [-0.39, 0.29) is 0 Å². The van der Waals surface area contributed by atoms with Gasteiger partial charge in [0.1, 0.15) is 6.17 Å². The van der Waals surface area contributed by atoms with E-state index in [1.807, 2.05) is 0 Å². The first kappa shape index (κ1) is 8.82. The lowest BCUT2D eigenvalue weighted by Gasteiger charge is -2.09. The summed E-state index contributed by atoms with van der Waals surface area (Å²) in [4.78, 5) is 0. The predicted molar refractivity (Wildman–Crippen MR) is 53.0 cm³/mol. The summed E-state index contributed by atoms with van der Waals surface area (Å²) in [7, 11) is 0. The number of hydrogen-bond donors (Lipinski definition) is 1. The van der Waals surface area contributed by atoms with Crippen molar-refractivity contribution in [1.29, 1.82) is 0 Å². The van der Waals surface area contributed by atoms with E-state index < -0.39 is 6.17 Å². The van der Waals surface area contributed by atoms with Gasteiger partial charge in [-0.2, -0.15) is 0 Å². The molecular weight excluding hydrogens is 189 g/mol. The Hall–Kier alpha value is -0.760. The average Bonchev–Trinajstić information content (AvgIpc) is 2.28. The van der Waals surface area contributed by atoms with Crippen LogP contribution >= 0.6 is 11.6 Å². The maximum absolute atomic E-state index is 13.5. The summed E-state index contributed by atoms with van der Waals surface area (Å²) in [5, 5.41) is 3.82. The Morgan fingerprint density at radius 3 is 3.15 bits per heavy atom. The van der Waals surface area contributed by atoms with Crippen molar-refractivity contribution in [2.24, 2.45) is 0 Å². The molecule has 1 aliphatic rings. The van der Waals surface area contributed by atoms with Crippen LogP contribution in [0.3, 0.4) is 0 Å². The van der Waals surface area contributed by atoms with Gasteiger partial charge >= 0.3 is 0 Å². The summed E-state index contributed by atoms with van der Waals surface area (Å²) < 4.78 is 13.5. The molecule has 13 heavy (non-hydrogen) atoms. The standard InChI is InChI=1S/C10H11ClFN/c11-7-3-4-8-9(12)2-1-5-13-10(8)6-7/h3-4,6,9,13H,1-2,5H2. The summed E-state index contributed by atoms with van der Waals surface area (Å²) in [6.45, 7) is 0.827. The number of fused-ring (bicyclic) bond motifs is 1. The molecule has 0 saturated heterocycles. The number of anilines is 1. The van der Waals surface area contributed by atoms with Crippen molar-refractivity contribution in [2.45, 2.75) is 19.0 Å². The van der Waals surface area contributed by atoms with Crippen molar-refractivity contribution in [3.63, 3.8) is 0 Å². The highest BCUT2D eigenvalue weighted by Crippen LogP contribution is 2.33. The van der Waals surface area contributed by atoms with Gasteiger partial charge < -0.3 is 5.32 Å². The van der Waals surface area contributed by atoms with E-state index in [0.717, 1.165) is 24.2 Å². The molecule has 0 aliphatic carbocycles. The molecule has 1 unspecified atom stereocenters. The zero-order valence-corrected chi connectivity index (χ0v) is 7.94. The molecule has 3 heteroatoms. The second-order valence-corrected chi connectivity index (χ2v) is 3.70. The van der Waals surface area contributed by atoms with Crippen molar-refractivity contribution < 1.29 is 4.39 Å². The Labute approximate surface area is 81.9 Å². The molecule has 1 atom stereocenters. The van der Waals surface area contributed by atoms with Crippen LogP contribution in [0.15, 0.2) is 18.2 Å². The van der Waals surface area contributed by atoms with Gasteiger partial charge in [0.25, 0.3) is 0 Å². The van der Waals surface area contributed by atoms with Gasteiger partial charge in [0, 0.05) is 22.8 Å². The monoisotopic (exact) mass is 199 g/mol. The lowest BCUT2D eigenvalue weighted by molar-refractivity contribution is 0.324. The van der Waals surface area contributed by atoms with E-state index in [1.54, 1.807) is 18.2 Å². The Kier molecular flexibility index (Phi) is 2.40. The average molecular weight is 200 g/mol. The Morgan fingerprint density at radius 2 is 2.31 bits per heavy atom. The molecule has 0 bridgehead atoms. The minimum absolute atomic E-state index is 0.599. The van der Waals surface area contributed by atoms with E-state index in [4.69, 9.17) is 11.6 Å². The summed E-state index contributed by atoms with van der Waals surface area (Å²) in [6.07, 6.45) is 0.622. The van der Waals surface area contributed by atoms with Crippen molar-refractivity contribution >= 4 is 17.3 Å². The molecule has 0 radical (unpaired) electrons. The first-order valence-electron chi connectivity index (χ1n) is 4.45. The molecule has 1 aliphatic heterocycles. The zero-order valence-electron chi connectivity index (χ0n) is 7.19. The largest absolute Gasteiger partial charge is 0.385 e. The van der Waals surface area contributed by atoms with Crippen LogP contribution in [0.5, 0.6) is 0 Å². The lowest BCUT2D eigenvalue weighted by atomic mass is 10.1. The number of nitrogens with one attached hydrogen (secondary N) is 1. The van der Waals surface area contributed by atoms with Crippen LogP contribution in [0.2, 0.25) is 5.02 Å². The Bertz CT molecular complexity index is 314. The second kappa shape index (κ2) is 3.54. The molecule has 0 spiro atoms. The predicted octanol–water partition coefficient (Wildman–Crippen LogP) is 3.56. The van der Waals surface area contributed by atoms with Gasteiger partial charge in [-0.1, -0.05) is 17.7 Å². The maximum Gasteiger partial charge on any atom is 0.127 e. The number of rotatable bonds is 0. The first-order valence-corrected chi connectivity index (χ1v) is 4.82. The van der Waals surface area contributed by atoms with Crippen molar-refractivity contribution in [3.8, 4) is 0 Å². The fraction of sp³-hybridized carbons (Fsp3) is 0.400. The van der Waals surface area contributed by atoms with E-state index in [9.17, 15) is 4.39 Å². The summed E-state index contributed by atoms with van der Waals surface area (Å²) in [5.74, 6) is 0. The normalized spacial score (nSPS) is 21.5. The number of alkyl halides is 1. The smallest absolute Gasteiger partial charge is 0.127 e. The lowest BCUT2D eigenvalue weighted by Crippen LogP contribution is -1.99. The SMILES string of the molecule is FC1CCCNc2cc(Cl)ccc21. The minimum atomic E-state index is -0.845. The van der Waals surface area contributed by atoms with E-state index in [1.165, 1.54) is 0 Å². The summed E-state index contributed by atoms with van der Waals surface area (Å²) >= 11 is 5.82. The van der Waals surface area contributed by atoms with Gasteiger partial charge in [0.15, 0.2) is 0 Å². The first-order chi connectivity index (χ1) is 6.27. The Morgan fingerprint density at radius 1 is 1.46 bits per heavy atom. The molecule has 2 rings (SSSR count). The molecule has 1 heterocycles. The van der Waals surface area contributed by atoms with Crippen LogP contribution in [-0.2, 0) is 0 Å². The fourth-order valence-electron chi connectivity index (χ4n) is 1.61. The van der Waals surface area contributed by atoms with E-state index in [2.05, 4.69) is 5.32 Å². The molecule has 0 fully saturated rings. The third kappa shape index (κ3) is 1.78. The molecule has 0 amide bonds. The third-order valence-corrected chi connectivity index (χ3v) is 2.54. The van der Waals surface area contributed by atoms with Gasteiger partial charge in [-0.15, -0.1) is 0 Å². The molecule has 1 N–H and O–H groups in total. The van der Waals surface area contributed by atoms with Crippen molar-refractivity contribution in [2.75, 3.05) is 11.9 Å². The number of halogens is 2. The highest BCUT2D eigenvalue weighted by molar-refractivity contribution is 6.30. The number of benzene rings is 1. The van der Waals surface area contributed by atoms with Gasteiger partial charge in [0.2, 0.25) is 0 Å². The van der Waals surface area contributed by atoms with Gasteiger partial charge in [0.05, 0.1) is 0 Å². The topological polar surface area (TPSA) is 12.0 Å². The highest BCUT2D eigenvalue weighted by Gasteiger charge is 2.17. The summed E-state index contributed by atoms with van der Waals surface area (Å²) in [6, 6.07) is 5.29.